The third kappa shape index (κ3) is 6.09. The first-order valence-corrected chi connectivity index (χ1v) is 8.09. The summed E-state index contributed by atoms with van der Waals surface area (Å²) in [6, 6.07) is 5.64. The molecule has 0 aliphatic heterocycles. The highest BCUT2D eigenvalue weighted by Gasteiger charge is 2.28. The minimum absolute atomic E-state index is 0.0691. The molecular formula is C18H22F3N3O2. The Bertz CT molecular complexity index is 777. The molecule has 8 heteroatoms. The van der Waals surface area contributed by atoms with Crippen molar-refractivity contribution in [3.05, 3.63) is 47.3 Å². The molecule has 0 radical (unpaired) electrons. The molecule has 142 valence electrons. The lowest BCUT2D eigenvalue weighted by molar-refractivity contribution is -0.142. The van der Waals surface area contributed by atoms with E-state index in [9.17, 15) is 18.0 Å². The normalized spacial score (nSPS) is 12.1. The first-order valence-electron chi connectivity index (χ1n) is 8.09. The standard InChI is InChI=1S/C18H22F3N3O2/c1-12-5-6-13(15(7-12)26-17(2,3)4)8-22-16(25)14-9-23-24(10-14)11-18(19,20)21/h5-7,9-10H,8,11H2,1-4H3,(H,22,25). The average Bonchev–Trinajstić information content (AvgIpc) is 2.90. The predicted molar refractivity (Wildman–Crippen MR) is 91.0 cm³/mol. The van der Waals surface area contributed by atoms with Gasteiger partial charge >= 0.3 is 6.18 Å². The Balaban J connectivity index is 2.06. The summed E-state index contributed by atoms with van der Waals surface area (Å²) in [5.41, 5.74) is 1.47. The Morgan fingerprint density at radius 2 is 1.96 bits per heavy atom. The first-order chi connectivity index (χ1) is 11.9. The van der Waals surface area contributed by atoms with Gasteiger partial charge in [0, 0.05) is 18.3 Å². The van der Waals surface area contributed by atoms with Crippen LogP contribution in [0.25, 0.3) is 0 Å². The molecule has 0 bridgehead atoms. The van der Waals surface area contributed by atoms with E-state index in [0.29, 0.717) is 10.4 Å². The van der Waals surface area contributed by atoms with Gasteiger partial charge in [-0.15, -0.1) is 0 Å². The topological polar surface area (TPSA) is 56.2 Å². The monoisotopic (exact) mass is 369 g/mol. The van der Waals surface area contributed by atoms with Gasteiger partial charge in [-0.05, 0) is 39.3 Å². The molecule has 1 aromatic carbocycles. The average molecular weight is 369 g/mol. The van der Waals surface area contributed by atoms with E-state index in [0.717, 1.165) is 23.5 Å². The van der Waals surface area contributed by atoms with E-state index < -0.39 is 24.2 Å². The molecule has 26 heavy (non-hydrogen) atoms. The van der Waals surface area contributed by atoms with Gasteiger partial charge in [0.15, 0.2) is 0 Å². The van der Waals surface area contributed by atoms with Crippen LogP contribution in [0.1, 0.15) is 42.3 Å². The van der Waals surface area contributed by atoms with Crippen molar-refractivity contribution in [1.29, 1.82) is 0 Å². The third-order valence-corrected chi connectivity index (χ3v) is 3.31. The molecule has 2 aromatic rings. The number of rotatable bonds is 5. The number of nitrogens with zero attached hydrogens (tertiary/aromatic N) is 2. The number of ether oxygens (including phenoxy) is 1. The molecule has 0 aliphatic rings. The van der Waals surface area contributed by atoms with E-state index in [-0.39, 0.29) is 12.1 Å². The second-order valence-electron chi connectivity index (χ2n) is 7.05. The molecule has 1 N–H and O–H groups in total. The van der Waals surface area contributed by atoms with Gasteiger partial charge in [0.25, 0.3) is 5.91 Å². The third-order valence-electron chi connectivity index (χ3n) is 3.31. The molecule has 0 aliphatic carbocycles. The lowest BCUT2D eigenvalue weighted by atomic mass is 10.1. The van der Waals surface area contributed by atoms with Crippen molar-refractivity contribution in [2.75, 3.05) is 0 Å². The van der Waals surface area contributed by atoms with Gasteiger partial charge in [0.2, 0.25) is 0 Å². The first kappa shape index (κ1) is 19.8. The number of halogens is 3. The van der Waals surface area contributed by atoms with E-state index in [1.807, 2.05) is 45.9 Å². The Kier molecular flexibility index (Phi) is 5.63. The van der Waals surface area contributed by atoms with Crippen LogP contribution in [-0.4, -0.2) is 27.5 Å². The van der Waals surface area contributed by atoms with Crippen LogP contribution in [0.3, 0.4) is 0 Å². The van der Waals surface area contributed by atoms with Crippen molar-refractivity contribution < 1.29 is 22.7 Å². The van der Waals surface area contributed by atoms with Gasteiger partial charge in [0.05, 0.1) is 11.8 Å². The van der Waals surface area contributed by atoms with Gasteiger partial charge < -0.3 is 10.1 Å². The van der Waals surface area contributed by atoms with Gasteiger partial charge in [0.1, 0.15) is 17.9 Å². The van der Waals surface area contributed by atoms with E-state index >= 15 is 0 Å². The summed E-state index contributed by atoms with van der Waals surface area (Å²) in [7, 11) is 0. The fourth-order valence-electron chi connectivity index (χ4n) is 2.26. The number of hydrogen-bond acceptors (Lipinski definition) is 3. The highest BCUT2D eigenvalue weighted by Crippen LogP contribution is 2.25. The lowest BCUT2D eigenvalue weighted by Crippen LogP contribution is -2.26. The summed E-state index contributed by atoms with van der Waals surface area (Å²) in [4.78, 5) is 12.2. The lowest BCUT2D eigenvalue weighted by Gasteiger charge is -2.23. The van der Waals surface area contributed by atoms with Crippen molar-refractivity contribution in [3.63, 3.8) is 0 Å². The quantitative estimate of drug-likeness (QED) is 0.871. The maximum absolute atomic E-state index is 12.4. The Hall–Kier alpha value is -2.51. The molecule has 0 spiro atoms. The van der Waals surface area contributed by atoms with E-state index in [1.54, 1.807) is 0 Å². The highest BCUT2D eigenvalue weighted by molar-refractivity contribution is 5.93. The van der Waals surface area contributed by atoms with Gasteiger partial charge in [-0.1, -0.05) is 12.1 Å². The maximum Gasteiger partial charge on any atom is 0.408 e. The van der Waals surface area contributed by atoms with Crippen molar-refractivity contribution in [1.82, 2.24) is 15.1 Å². The fraction of sp³-hybridized carbons (Fsp3) is 0.444. The smallest absolute Gasteiger partial charge is 0.408 e. The molecule has 1 aromatic heterocycles. The van der Waals surface area contributed by atoms with E-state index in [2.05, 4.69) is 10.4 Å². The van der Waals surface area contributed by atoms with Crippen LogP contribution in [0.4, 0.5) is 13.2 Å². The summed E-state index contributed by atoms with van der Waals surface area (Å²) >= 11 is 0. The molecule has 0 saturated carbocycles. The Morgan fingerprint density at radius 3 is 2.58 bits per heavy atom. The molecule has 1 amide bonds. The number of aromatic nitrogens is 2. The number of benzene rings is 1. The summed E-state index contributed by atoms with van der Waals surface area (Å²) in [5.74, 6) is 0.159. The zero-order valence-corrected chi connectivity index (χ0v) is 15.1. The zero-order valence-electron chi connectivity index (χ0n) is 15.1. The zero-order chi connectivity index (χ0) is 19.5. The molecule has 5 nitrogen and oxygen atoms in total. The molecule has 0 atom stereocenters. The number of carbonyl (C=O) groups excluding carboxylic acids is 1. The summed E-state index contributed by atoms with van der Waals surface area (Å²) < 4.78 is 43.7. The number of nitrogens with one attached hydrogen (secondary N) is 1. The number of carbonyl (C=O) groups is 1. The summed E-state index contributed by atoms with van der Waals surface area (Å²) in [6.45, 7) is 6.66. The van der Waals surface area contributed by atoms with Crippen LogP contribution in [0, 0.1) is 6.92 Å². The molecule has 1 heterocycles. The minimum atomic E-state index is -4.39. The molecule has 0 saturated heterocycles. The van der Waals surface area contributed by atoms with Crippen LogP contribution in [-0.2, 0) is 13.1 Å². The molecular weight excluding hydrogens is 347 g/mol. The largest absolute Gasteiger partial charge is 0.488 e. The Morgan fingerprint density at radius 1 is 1.27 bits per heavy atom. The Labute approximate surface area is 150 Å². The molecule has 2 rings (SSSR count). The van der Waals surface area contributed by atoms with Gasteiger partial charge in [-0.2, -0.15) is 18.3 Å². The predicted octanol–water partition coefficient (Wildman–Crippen LogP) is 3.86. The fourth-order valence-corrected chi connectivity index (χ4v) is 2.26. The second kappa shape index (κ2) is 7.39. The minimum Gasteiger partial charge on any atom is -0.488 e. The highest BCUT2D eigenvalue weighted by atomic mass is 19.4. The van der Waals surface area contributed by atoms with Crippen LogP contribution in [0.2, 0.25) is 0 Å². The summed E-state index contributed by atoms with van der Waals surface area (Å²) in [6.07, 6.45) is -2.20. The molecule has 0 unspecified atom stereocenters. The number of aryl methyl sites for hydroxylation is 1. The van der Waals surface area contributed by atoms with Crippen molar-refractivity contribution in [2.24, 2.45) is 0 Å². The van der Waals surface area contributed by atoms with Crippen LogP contribution >= 0.6 is 0 Å². The number of hydrogen-bond donors (Lipinski definition) is 1. The van der Waals surface area contributed by atoms with Crippen LogP contribution in [0.15, 0.2) is 30.6 Å². The van der Waals surface area contributed by atoms with Crippen molar-refractivity contribution in [2.45, 2.75) is 52.6 Å². The SMILES string of the molecule is Cc1ccc(CNC(=O)c2cnn(CC(F)(F)F)c2)c(OC(C)(C)C)c1. The second-order valence-corrected chi connectivity index (χ2v) is 7.05. The van der Waals surface area contributed by atoms with Gasteiger partial charge in [-0.3, -0.25) is 9.48 Å². The van der Waals surface area contributed by atoms with E-state index in [1.165, 1.54) is 0 Å². The van der Waals surface area contributed by atoms with Crippen LogP contribution < -0.4 is 10.1 Å². The number of amides is 1. The molecule has 0 fully saturated rings. The number of alkyl halides is 3. The van der Waals surface area contributed by atoms with Crippen LogP contribution in [0.5, 0.6) is 5.75 Å². The van der Waals surface area contributed by atoms with Crippen molar-refractivity contribution in [3.8, 4) is 5.75 Å². The maximum atomic E-state index is 12.4. The summed E-state index contributed by atoms with van der Waals surface area (Å²) in [5, 5.41) is 6.25. The van der Waals surface area contributed by atoms with Gasteiger partial charge in [-0.25, -0.2) is 0 Å². The van der Waals surface area contributed by atoms with E-state index in [4.69, 9.17) is 4.74 Å². The van der Waals surface area contributed by atoms with Crippen molar-refractivity contribution >= 4 is 5.91 Å².